The van der Waals surface area contributed by atoms with E-state index in [1.165, 1.54) is 12.1 Å². The first kappa shape index (κ1) is 24.9. The number of hydrogen-bond acceptors (Lipinski definition) is 4. The fourth-order valence-electron chi connectivity index (χ4n) is 3.15. The van der Waals surface area contributed by atoms with E-state index in [1.807, 2.05) is 11.8 Å². The average molecular weight is 547 g/mol. The van der Waals surface area contributed by atoms with Crippen molar-refractivity contribution < 1.29 is 35.8 Å². The molecule has 2 atom stereocenters. The Kier molecular flexibility index (Phi) is 7.77. The predicted molar refractivity (Wildman–Crippen MR) is 102 cm³/mol. The van der Waals surface area contributed by atoms with Crippen LogP contribution in [0.15, 0.2) is 36.0 Å². The van der Waals surface area contributed by atoms with Crippen molar-refractivity contribution in [2.24, 2.45) is 5.73 Å². The van der Waals surface area contributed by atoms with Crippen molar-refractivity contribution in [2.75, 3.05) is 13.2 Å². The van der Waals surface area contributed by atoms with Crippen LogP contribution in [-0.4, -0.2) is 51.6 Å². The zero-order valence-electron chi connectivity index (χ0n) is 16.4. The van der Waals surface area contributed by atoms with Gasteiger partial charge in [-0.2, -0.15) is 0 Å². The van der Waals surface area contributed by atoms with Crippen molar-refractivity contribution in [2.45, 2.75) is 46.5 Å². The molecule has 2 unspecified atom stereocenters. The van der Waals surface area contributed by atoms with E-state index in [-0.39, 0.29) is 9.06 Å². The van der Waals surface area contributed by atoms with Crippen molar-refractivity contribution in [3.63, 3.8) is 0 Å². The van der Waals surface area contributed by atoms with Crippen molar-refractivity contribution in [3.05, 3.63) is 41.6 Å². The van der Waals surface area contributed by atoms with Gasteiger partial charge in [0.25, 0.3) is 0 Å². The maximum atomic E-state index is 13.1. The van der Waals surface area contributed by atoms with E-state index in [9.17, 15) is 26.3 Å². The first-order valence-electron chi connectivity index (χ1n) is 8.99. The zero-order chi connectivity index (χ0) is 22.7. The Labute approximate surface area is 177 Å². The van der Waals surface area contributed by atoms with Crippen LogP contribution in [0.1, 0.15) is 25.3 Å². The first-order valence-corrected chi connectivity index (χ1v) is 14.1. The van der Waals surface area contributed by atoms with Crippen LogP contribution in [0.5, 0.6) is 0 Å². The van der Waals surface area contributed by atoms with Gasteiger partial charge in [0.15, 0.2) is 0 Å². The molecule has 3 N–H and O–H groups in total. The van der Waals surface area contributed by atoms with Gasteiger partial charge < -0.3 is 0 Å². The number of nitrogens with one attached hydrogen (secondary N) is 1. The van der Waals surface area contributed by atoms with Crippen LogP contribution in [0.4, 0.5) is 26.3 Å². The summed E-state index contributed by atoms with van der Waals surface area (Å²) in [6.45, 7) is 0.713. The Balaban J connectivity index is 2.13. The Hall–Kier alpha value is -1.41. The minimum absolute atomic E-state index is 0.0611. The number of ether oxygens (including phenoxy) is 2. The predicted octanol–water partition coefficient (Wildman–Crippen LogP) is 4.38. The third kappa shape index (κ3) is 6.80. The van der Waals surface area contributed by atoms with Gasteiger partial charge >= 0.3 is 178 Å². The molecule has 168 valence electrons. The Bertz CT molecular complexity index is 796. The van der Waals surface area contributed by atoms with Gasteiger partial charge in [-0.25, -0.2) is 0 Å². The molecular formula is C19H23F6N2O2Sb. The van der Waals surface area contributed by atoms with Crippen molar-refractivity contribution >= 4 is 29.6 Å². The zero-order valence-corrected chi connectivity index (χ0v) is 19.0. The third-order valence-corrected chi connectivity index (χ3v) is 13.8. The quantitative estimate of drug-likeness (QED) is 0.249. The molecule has 30 heavy (non-hydrogen) atoms. The van der Waals surface area contributed by atoms with Gasteiger partial charge in [0, 0.05) is 0 Å². The summed E-state index contributed by atoms with van der Waals surface area (Å²) in [6.07, 6.45) is -7.57. The van der Waals surface area contributed by atoms with Crippen LogP contribution < -0.4 is 9.24 Å². The molecule has 1 saturated heterocycles. The van der Waals surface area contributed by atoms with E-state index < -0.39 is 56.7 Å². The van der Waals surface area contributed by atoms with E-state index in [4.69, 9.17) is 15.9 Å². The Morgan fingerprint density at radius 2 is 2.00 bits per heavy atom. The molecule has 0 amide bonds. The van der Waals surface area contributed by atoms with Gasteiger partial charge in [-0.15, -0.1) is 0 Å². The molecule has 0 spiro atoms. The molecule has 1 aromatic carbocycles. The van der Waals surface area contributed by atoms with Crippen LogP contribution in [0.3, 0.4) is 0 Å². The van der Waals surface area contributed by atoms with E-state index >= 15 is 0 Å². The van der Waals surface area contributed by atoms with Crippen molar-refractivity contribution in [1.82, 2.24) is 0 Å². The molecule has 0 radical (unpaired) electrons. The van der Waals surface area contributed by atoms with Crippen LogP contribution in [0, 0.1) is 5.41 Å². The fraction of sp³-hybridized carbons (Fsp3) is 0.526. The summed E-state index contributed by atoms with van der Waals surface area (Å²) in [5.74, 6) is -0.729. The molecule has 4 nitrogen and oxygen atoms in total. The Morgan fingerprint density at radius 1 is 1.33 bits per heavy atom. The van der Waals surface area contributed by atoms with Crippen LogP contribution >= 0.6 is 0 Å². The van der Waals surface area contributed by atoms with Gasteiger partial charge in [0.1, 0.15) is 0 Å². The average Bonchev–Trinajstić information content (AvgIpc) is 2.64. The van der Waals surface area contributed by atoms with E-state index in [0.29, 0.717) is 23.0 Å². The van der Waals surface area contributed by atoms with Crippen LogP contribution in [-0.2, 0) is 15.7 Å². The summed E-state index contributed by atoms with van der Waals surface area (Å²) in [6, 6.07) is 5.37. The standard InChI is InChI=1S/C11H16F3N2O2.C7H4F3.CH3.Sb/c1-7-2-3-17-9(4-7)8(15)5-10(16)18-6-11(12,13)14;8-7(9,10)6-4-2-1-3-5-6;;/h5,9,16H,2-4,6,15H2,1H3;1-2,4-5H;1H3;/b8-5-,16-10?;;;. The molecule has 1 aliphatic heterocycles. The summed E-state index contributed by atoms with van der Waals surface area (Å²) in [5.41, 5.74) is 5.31. The SMILES string of the molecule is [CH3][Sb]([c]1cccc(C(F)(F)F)c1)[C]1(C)CCOC(/C(N)=C/C(=N)OCC(F)(F)F)C1. The summed E-state index contributed by atoms with van der Waals surface area (Å²) < 4.78 is 86.2. The molecule has 1 aromatic rings. The van der Waals surface area contributed by atoms with Gasteiger partial charge in [0.2, 0.25) is 0 Å². The number of hydrogen-bond donors (Lipinski definition) is 2. The number of nitrogens with two attached hydrogens (primary N) is 1. The topological polar surface area (TPSA) is 68.3 Å². The molecular weight excluding hydrogens is 524 g/mol. The third-order valence-electron chi connectivity index (χ3n) is 5.02. The second kappa shape index (κ2) is 9.38. The number of benzene rings is 1. The van der Waals surface area contributed by atoms with Crippen LogP contribution in [0.25, 0.3) is 0 Å². The normalized spacial score (nSPS) is 23.5. The van der Waals surface area contributed by atoms with Gasteiger partial charge in [-0.05, 0) is 0 Å². The molecule has 2 rings (SSSR count). The van der Waals surface area contributed by atoms with E-state index in [2.05, 4.69) is 4.74 Å². The number of halogens is 6. The minimum atomic E-state index is -4.57. The van der Waals surface area contributed by atoms with E-state index in [1.54, 1.807) is 6.07 Å². The molecule has 0 bridgehead atoms. The molecule has 0 saturated carbocycles. The molecule has 0 aliphatic carbocycles. The molecule has 1 aliphatic rings. The summed E-state index contributed by atoms with van der Waals surface area (Å²) in [4.78, 5) is 2.01. The summed E-state index contributed by atoms with van der Waals surface area (Å²) >= 11 is -2.43. The second-order valence-corrected chi connectivity index (χ2v) is 15.1. The Morgan fingerprint density at radius 3 is 2.60 bits per heavy atom. The van der Waals surface area contributed by atoms with Crippen molar-refractivity contribution in [1.29, 1.82) is 5.41 Å². The summed E-state index contributed by atoms with van der Waals surface area (Å²) in [7, 11) is 0. The molecule has 1 heterocycles. The fourth-order valence-corrected chi connectivity index (χ4v) is 9.23. The molecule has 0 aromatic heterocycles. The maximum absolute atomic E-state index is 13.1. The van der Waals surface area contributed by atoms with Crippen LogP contribution in [0.2, 0.25) is 8.23 Å². The van der Waals surface area contributed by atoms with Gasteiger partial charge in [0.05, 0.1) is 0 Å². The second-order valence-electron chi connectivity index (χ2n) is 7.33. The van der Waals surface area contributed by atoms with Gasteiger partial charge in [-0.1, -0.05) is 0 Å². The number of rotatable bonds is 5. The molecule has 1 fully saturated rings. The summed E-state index contributed by atoms with van der Waals surface area (Å²) in [5, 5.41) is 7.49. The van der Waals surface area contributed by atoms with Gasteiger partial charge in [-0.3, -0.25) is 0 Å². The first-order chi connectivity index (χ1) is 13.7. The number of alkyl halides is 6. The molecule has 11 heteroatoms. The monoisotopic (exact) mass is 546 g/mol. The van der Waals surface area contributed by atoms with E-state index in [0.717, 1.165) is 12.1 Å². The van der Waals surface area contributed by atoms with Crippen molar-refractivity contribution in [3.8, 4) is 0 Å².